The summed E-state index contributed by atoms with van der Waals surface area (Å²) >= 11 is 0. The van der Waals surface area contributed by atoms with Gasteiger partial charge < -0.3 is 10.1 Å². The number of hydrogen-bond donors (Lipinski definition) is 1. The van der Waals surface area contributed by atoms with E-state index < -0.39 is 6.10 Å². The number of benzene rings is 2. The molecule has 1 N–H and O–H groups in total. The van der Waals surface area contributed by atoms with Crippen molar-refractivity contribution < 1.29 is 9.53 Å². The van der Waals surface area contributed by atoms with Gasteiger partial charge in [-0.3, -0.25) is 4.79 Å². The van der Waals surface area contributed by atoms with Crippen molar-refractivity contribution in [3.63, 3.8) is 0 Å². The second-order valence-electron chi connectivity index (χ2n) is 6.66. The van der Waals surface area contributed by atoms with E-state index in [-0.39, 0.29) is 5.91 Å². The SMILES string of the molecule is CC[C@@H](Oc1cc(C)ccc1C)C(=O)NCCCc1ccc(C)cc1. The van der Waals surface area contributed by atoms with Crippen molar-refractivity contribution >= 4 is 5.91 Å². The maximum atomic E-state index is 12.4. The molecule has 0 saturated carbocycles. The van der Waals surface area contributed by atoms with Gasteiger partial charge in [0.25, 0.3) is 5.91 Å². The molecule has 0 fully saturated rings. The molecule has 3 heteroatoms. The molecular weight excluding hydrogens is 310 g/mol. The fourth-order valence-corrected chi connectivity index (χ4v) is 2.68. The molecule has 1 atom stereocenters. The number of carbonyl (C=O) groups excluding carboxylic acids is 1. The van der Waals surface area contributed by atoms with Crippen LogP contribution in [0.5, 0.6) is 5.75 Å². The molecule has 134 valence electrons. The first-order chi connectivity index (χ1) is 12.0. The van der Waals surface area contributed by atoms with Crippen molar-refractivity contribution in [3.05, 3.63) is 64.7 Å². The van der Waals surface area contributed by atoms with Crippen LogP contribution in [0.4, 0.5) is 0 Å². The predicted molar refractivity (Wildman–Crippen MR) is 103 cm³/mol. The number of rotatable bonds is 8. The summed E-state index contributed by atoms with van der Waals surface area (Å²) in [5.41, 5.74) is 4.76. The average Bonchev–Trinajstić information content (AvgIpc) is 2.60. The van der Waals surface area contributed by atoms with Crippen LogP contribution in [-0.4, -0.2) is 18.6 Å². The molecule has 0 aliphatic carbocycles. The highest BCUT2D eigenvalue weighted by molar-refractivity contribution is 5.81. The molecule has 25 heavy (non-hydrogen) atoms. The number of hydrogen-bond acceptors (Lipinski definition) is 2. The van der Waals surface area contributed by atoms with Crippen LogP contribution in [0, 0.1) is 20.8 Å². The number of nitrogens with one attached hydrogen (secondary N) is 1. The van der Waals surface area contributed by atoms with Gasteiger partial charge >= 0.3 is 0 Å². The Morgan fingerprint density at radius 1 is 1.04 bits per heavy atom. The van der Waals surface area contributed by atoms with Crippen LogP contribution in [0.2, 0.25) is 0 Å². The largest absolute Gasteiger partial charge is 0.480 e. The standard InChI is InChI=1S/C22H29NO2/c1-5-20(25-21-15-17(3)8-11-18(21)4)22(24)23-14-6-7-19-12-9-16(2)10-13-19/h8-13,15,20H,5-7,14H2,1-4H3,(H,23,24)/t20-/m1/s1. The average molecular weight is 339 g/mol. The second kappa shape index (κ2) is 9.26. The molecule has 1 amide bonds. The Morgan fingerprint density at radius 2 is 1.72 bits per heavy atom. The summed E-state index contributed by atoms with van der Waals surface area (Å²) in [5.74, 6) is 0.758. The number of ether oxygens (including phenoxy) is 1. The summed E-state index contributed by atoms with van der Waals surface area (Å²) in [7, 11) is 0. The van der Waals surface area contributed by atoms with Gasteiger partial charge in [-0.25, -0.2) is 0 Å². The number of aryl methyl sites for hydroxylation is 4. The Hall–Kier alpha value is -2.29. The zero-order valence-corrected chi connectivity index (χ0v) is 15.8. The predicted octanol–water partition coefficient (Wildman–Crippen LogP) is 4.52. The highest BCUT2D eigenvalue weighted by Gasteiger charge is 2.18. The van der Waals surface area contributed by atoms with Crippen molar-refractivity contribution in [1.82, 2.24) is 5.32 Å². The maximum absolute atomic E-state index is 12.4. The molecule has 0 spiro atoms. The lowest BCUT2D eigenvalue weighted by atomic mass is 10.1. The maximum Gasteiger partial charge on any atom is 0.261 e. The third-order valence-electron chi connectivity index (χ3n) is 4.34. The van der Waals surface area contributed by atoms with Gasteiger partial charge in [-0.05, 0) is 62.8 Å². The van der Waals surface area contributed by atoms with Crippen molar-refractivity contribution in [2.45, 2.75) is 53.1 Å². The first-order valence-corrected chi connectivity index (χ1v) is 9.06. The monoisotopic (exact) mass is 339 g/mol. The third kappa shape index (κ3) is 5.93. The van der Waals surface area contributed by atoms with Crippen molar-refractivity contribution in [1.29, 1.82) is 0 Å². The summed E-state index contributed by atoms with van der Waals surface area (Å²) in [5, 5.41) is 3.01. The highest BCUT2D eigenvalue weighted by atomic mass is 16.5. The van der Waals surface area contributed by atoms with Crippen molar-refractivity contribution in [2.24, 2.45) is 0 Å². The van der Waals surface area contributed by atoms with E-state index >= 15 is 0 Å². The molecule has 0 saturated heterocycles. The lowest BCUT2D eigenvalue weighted by molar-refractivity contribution is -0.128. The molecule has 0 aromatic heterocycles. The Morgan fingerprint density at radius 3 is 2.40 bits per heavy atom. The summed E-state index contributed by atoms with van der Waals surface area (Å²) in [4.78, 5) is 12.4. The summed E-state index contributed by atoms with van der Waals surface area (Å²) in [6, 6.07) is 14.6. The van der Waals surface area contributed by atoms with Crippen LogP contribution in [0.15, 0.2) is 42.5 Å². The van der Waals surface area contributed by atoms with Gasteiger partial charge in [0.1, 0.15) is 5.75 Å². The smallest absolute Gasteiger partial charge is 0.261 e. The Balaban J connectivity index is 1.81. The van der Waals surface area contributed by atoms with Crippen LogP contribution in [0.3, 0.4) is 0 Å². The van der Waals surface area contributed by atoms with Crippen molar-refractivity contribution in [3.8, 4) is 5.75 Å². The molecule has 0 aliphatic heterocycles. The van der Waals surface area contributed by atoms with Crippen LogP contribution >= 0.6 is 0 Å². The highest BCUT2D eigenvalue weighted by Crippen LogP contribution is 2.21. The molecule has 2 rings (SSSR count). The molecule has 0 radical (unpaired) electrons. The van der Waals surface area contributed by atoms with Crippen LogP contribution in [0.1, 0.15) is 42.0 Å². The summed E-state index contributed by atoms with van der Waals surface area (Å²) < 4.78 is 5.95. The van der Waals surface area contributed by atoms with Gasteiger partial charge in [0.05, 0.1) is 0 Å². The first kappa shape index (κ1) is 19.0. The van der Waals surface area contributed by atoms with Gasteiger partial charge in [-0.2, -0.15) is 0 Å². The topological polar surface area (TPSA) is 38.3 Å². The minimum absolute atomic E-state index is 0.0349. The molecule has 0 unspecified atom stereocenters. The number of amides is 1. The Kier molecular flexibility index (Phi) is 7.05. The summed E-state index contributed by atoms with van der Waals surface area (Å²) in [6.45, 7) is 8.76. The fraction of sp³-hybridized carbons (Fsp3) is 0.409. The van der Waals surface area contributed by atoms with Gasteiger partial charge in [0, 0.05) is 6.54 Å². The quantitative estimate of drug-likeness (QED) is 0.718. The Labute approximate surface area is 151 Å². The van der Waals surface area contributed by atoms with Crippen LogP contribution < -0.4 is 10.1 Å². The van der Waals surface area contributed by atoms with Gasteiger partial charge in [0.15, 0.2) is 6.10 Å². The van der Waals surface area contributed by atoms with Crippen molar-refractivity contribution in [2.75, 3.05) is 6.54 Å². The number of carbonyl (C=O) groups is 1. The van der Waals surface area contributed by atoms with E-state index in [1.165, 1.54) is 11.1 Å². The lowest BCUT2D eigenvalue weighted by Gasteiger charge is -2.19. The van der Waals surface area contributed by atoms with Crippen LogP contribution in [-0.2, 0) is 11.2 Å². The lowest BCUT2D eigenvalue weighted by Crippen LogP contribution is -2.38. The molecule has 0 bridgehead atoms. The van der Waals surface area contributed by atoms with E-state index in [1.807, 2.05) is 39.0 Å². The minimum atomic E-state index is -0.445. The second-order valence-corrected chi connectivity index (χ2v) is 6.66. The molecular formula is C22H29NO2. The van der Waals surface area contributed by atoms with Crippen LogP contribution in [0.25, 0.3) is 0 Å². The third-order valence-corrected chi connectivity index (χ3v) is 4.34. The van der Waals surface area contributed by atoms with E-state index in [0.29, 0.717) is 13.0 Å². The van der Waals surface area contributed by atoms with E-state index in [2.05, 4.69) is 36.5 Å². The first-order valence-electron chi connectivity index (χ1n) is 9.06. The van der Waals surface area contributed by atoms with E-state index in [1.54, 1.807) is 0 Å². The van der Waals surface area contributed by atoms with Gasteiger partial charge in [-0.1, -0.05) is 48.9 Å². The minimum Gasteiger partial charge on any atom is -0.480 e. The fourth-order valence-electron chi connectivity index (χ4n) is 2.68. The summed E-state index contributed by atoms with van der Waals surface area (Å²) in [6.07, 6.45) is 2.10. The Bertz CT molecular complexity index is 692. The molecule has 3 nitrogen and oxygen atoms in total. The normalized spacial score (nSPS) is 11.8. The molecule has 2 aromatic carbocycles. The van der Waals surface area contributed by atoms with E-state index in [0.717, 1.165) is 29.7 Å². The molecule has 0 heterocycles. The zero-order chi connectivity index (χ0) is 18.2. The van der Waals surface area contributed by atoms with Gasteiger partial charge in [-0.15, -0.1) is 0 Å². The zero-order valence-electron chi connectivity index (χ0n) is 15.8. The molecule has 2 aromatic rings. The van der Waals surface area contributed by atoms with E-state index in [4.69, 9.17) is 4.74 Å². The molecule has 0 aliphatic rings. The van der Waals surface area contributed by atoms with E-state index in [9.17, 15) is 4.79 Å². The van der Waals surface area contributed by atoms with Gasteiger partial charge in [0.2, 0.25) is 0 Å².